The first-order valence-corrected chi connectivity index (χ1v) is 28.5. The van der Waals surface area contributed by atoms with E-state index in [0.717, 1.165) is 22.0 Å². The molecule has 26 heteroatoms. The smallest absolute Gasteiger partial charge is 0.458 e. The quantitative estimate of drug-likeness (QED) is 0.0655. The molecule has 0 radical (unpaired) electrons. The van der Waals surface area contributed by atoms with Crippen LogP contribution in [0.2, 0.25) is 10.0 Å². The second-order valence-corrected chi connectivity index (χ2v) is 22.5. The maximum atomic E-state index is 14.9. The molecule has 2 aromatic carbocycles. The number of furan rings is 2. The van der Waals surface area contributed by atoms with Crippen molar-refractivity contribution in [2.24, 2.45) is 0 Å². The highest BCUT2D eigenvalue weighted by Gasteiger charge is 2.52. The number of benzene rings is 2. The third kappa shape index (κ3) is 16.5. The van der Waals surface area contributed by atoms with Crippen molar-refractivity contribution in [1.82, 2.24) is 40.4 Å². The van der Waals surface area contributed by atoms with Crippen molar-refractivity contribution in [3.63, 3.8) is 0 Å². The number of carbonyl (C=O) groups is 4. The zero-order valence-electron chi connectivity index (χ0n) is 47.0. The summed E-state index contributed by atoms with van der Waals surface area (Å²) < 4.78 is 63.1. The number of pyridine rings is 4. The van der Waals surface area contributed by atoms with Gasteiger partial charge in [0.05, 0.1) is 60.8 Å². The summed E-state index contributed by atoms with van der Waals surface area (Å²) >= 11 is 16.0. The van der Waals surface area contributed by atoms with Gasteiger partial charge in [0, 0.05) is 83.9 Å². The average molecular weight is 1290 g/mol. The summed E-state index contributed by atoms with van der Waals surface area (Å²) in [6, 6.07) is 20.1. The molecule has 0 atom stereocenters. The summed E-state index contributed by atoms with van der Waals surface area (Å²) in [5.41, 5.74) is 14.3. The molecule has 6 aromatic heterocycles. The molecule has 20 nitrogen and oxygen atoms in total. The average Bonchev–Trinajstić information content (AvgIpc) is 3.17. The number of nitrogens with zero attached hydrogens (tertiary/aromatic N) is 6. The Hall–Kier alpha value is -8.10. The number of fused-ring (bicyclic) bond motifs is 2. The minimum absolute atomic E-state index is 0. The van der Waals surface area contributed by atoms with Crippen LogP contribution in [0.15, 0.2) is 123 Å². The Morgan fingerprint density at radius 3 is 1.54 bits per heavy atom. The van der Waals surface area contributed by atoms with Crippen LogP contribution in [0, 0.1) is 11.6 Å². The molecule has 3 aliphatic rings. The van der Waals surface area contributed by atoms with Gasteiger partial charge in [0.1, 0.15) is 23.2 Å². The van der Waals surface area contributed by atoms with E-state index < -0.39 is 35.9 Å². The molecule has 0 saturated carbocycles. The Labute approximate surface area is 518 Å². The van der Waals surface area contributed by atoms with E-state index in [9.17, 15) is 28.0 Å². The number of hydrogen-bond acceptors (Lipinski definition) is 16. The number of amides is 4. The molecular formula is C61H62BBrCl2F2N10O10. The van der Waals surface area contributed by atoms with E-state index in [-0.39, 0.29) is 49.6 Å². The van der Waals surface area contributed by atoms with Crippen LogP contribution < -0.4 is 27.6 Å². The number of nitrogen functional groups attached to an aromatic ring is 2. The molecule has 3 saturated heterocycles. The fraction of sp³-hybridized carbons (Fsp3) is 0.279. The Balaban J connectivity index is 0.000000181. The number of carbonyl (C=O) groups excluding carboxylic acids is 4. The fourth-order valence-electron chi connectivity index (χ4n) is 8.80. The molecule has 4 amide bonds. The van der Waals surface area contributed by atoms with E-state index in [4.69, 9.17) is 62.3 Å². The topological polar surface area (TPSA) is 266 Å². The molecular weight excluding hydrogens is 1230 g/mol. The third-order valence-corrected chi connectivity index (χ3v) is 15.1. The van der Waals surface area contributed by atoms with E-state index in [1.165, 1.54) is 41.6 Å². The normalized spacial score (nSPS) is 15.4. The van der Waals surface area contributed by atoms with E-state index in [1.54, 1.807) is 78.0 Å². The number of aromatic nitrogens is 4. The molecule has 11 rings (SSSR count). The zero-order valence-corrected chi connectivity index (χ0v) is 50.1. The summed E-state index contributed by atoms with van der Waals surface area (Å²) in [6.07, 6.45) is 12.1. The predicted molar refractivity (Wildman–Crippen MR) is 332 cm³/mol. The molecule has 0 bridgehead atoms. The molecule has 0 spiro atoms. The summed E-state index contributed by atoms with van der Waals surface area (Å²) in [6.45, 7) is 11.9. The lowest BCUT2D eigenvalue weighted by atomic mass is 9.78. The van der Waals surface area contributed by atoms with Crippen molar-refractivity contribution in [3.05, 3.63) is 170 Å². The number of halogens is 5. The van der Waals surface area contributed by atoms with Crippen molar-refractivity contribution >= 4 is 121 Å². The second-order valence-electron chi connectivity index (χ2n) is 20.8. The van der Waals surface area contributed by atoms with Gasteiger partial charge in [0.25, 0.3) is 11.8 Å². The van der Waals surface area contributed by atoms with Gasteiger partial charge in [-0.1, -0.05) is 36.7 Å². The minimum atomic E-state index is -0.714. The summed E-state index contributed by atoms with van der Waals surface area (Å²) in [7, 11) is -0.520. The second kappa shape index (κ2) is 28.6. The number of nitrogens with two attached hydrogens (primary N) is 2. The van der Waals surface area contributed by atoms with E-state index >= 15 is 0 Å². The first kappa shape index (κ1) is 64.9. The third-order valence-electron chi connectivity index (χ3n) is 14.1. The molecule has 8 aromatic rings. The Morgan fingerprint density at radius 1 is 0.621 bits per heavy atom. The highest BCUT2D eigenvalue weighted by molar-refractivity contribution is 9.10. The lowest BCUT2D eigenvalue weighted by molar-refractivity contribution is -0.117. The molecule has 6 N–H and O–H groups in total. The molecule has 454 valence electrons. The zero-order chi connectivity index (χ0) is 61.3. The number of anilines is 2. The van der Waals surface area contributed by atoms with Crippen LogP contribution in [0.3, 0.4) is 0 Å². The van der Waals surface area contributed by atoms with Gasteiger partial charge < -0.3 is 59.5 Å². The largest absolute Gasteiger partial charge is 0.494 e. The van der Waals surface area contributed by atoms with Crippen molar-refractivity contribution in [1.29, 1.82) is 0 Å². The number of rotatable bonds is 12. The standard InChI is InChI=1S/C27H23ClFN5O4.C23H25BClN3O4.C10H10BrFN2O2.CH4/c28-21-11-17(19-12-22(29)25(33-14-19)27(36)34-5-7-37-8-6-34)9-18-10-20(38-26(18)21)15-32-24(35)4-2-16-1-3-23(30)31-13-16;1-22(2)23(3,4)32-24(31-22)16-9-15-10-17(30-21(15)18(25)11-16)13-28-20(29)8-6-14-5-7-19(26)27-12-14;11-7-5-8(12)9(13-6-7)10(15)14-1-3-16-4-2-14;/h1-4,9-14H,5-8,15H2,(H2,30,31)(H,32,35);5-12H,13H2,1-4H3,(H2,26,27)(H,28,29);5-6H,1-4H2;1H4/b4-2+;8-6+;;. The van der Waals surface area contributed by atoms with E-state index in [0.29, 0.717) is 118 Å². The van der Waals surface area contributed by atoms with Crippen LogP contribution >= 0.6 is 39.1 Å². The molecule has 0 aliphatic carbocycles. The van der Waals surface area contributed by atoms with Crippen molar-refractivity contribution in [2.45, 2.75) is 59.4 Å². The Kier molecular flexibility index (Phi) is 21.3. The molecule has 3 fully saturated rings. The lowest BCUT2D eigenvalue weighted by Gasteiger charge is -2.32. The SMILES string of the molecule is C.CC1(C)OB(c2cc(Cl)c3oc(CNC(=O)/C=C/c4ccc(N)nc4)cc3c2)OC1(C)C.Nc1ccc(/C=C/C(=O)NCc2cc3cc(-c4cnc(C(=O)N5CCOCC5)c(F)c4)cc(Cl)c3o2)cn1.O=C(c1ncc(Br)cc1F)N1CCOCC1. The highest BCUT2D eigenvalue weighted by atomic mass is 79.9. The molecule has 3 aliphatic heterocycles. The van der Waals surface area contributed by atoms with Gasteiger partial charge in [-0.05, 0) is 145 Å². The van der Waals surface area contributed by atoms with Gasteiger partial charge in [0.2, 0.25) is 11.8 Å². The van der Waals surface area contributed by atoms with Gasteiger partial charge >= 0.3 is 7.12 Å². The first-order valence-electron chi connectivity index (χ1n) is 26.9. The maximum absolute atomic E-state index is 14.9. The summed E-state index contributed by atoms with van der Waals surface area (Å²) in [5.74, 6) is -0.837. The van der Waals surface area contributed by atoms with Gasteiger partial charge in [-0.2, -0.15) is 0 Å². The number of ether oxygens (including phenoxy) is 2. The van der Waals surface area contributed by atoms with Crippen LogP contribution in [-0.2, 0) is 41.5 Å². The van der Waals surface area contributed by atoms with Crippen LogP contribution in [0.25, 0.3) is 45.2 Å². The lowest BCUT2D eigenvalue weighted by Crippen LogP contribution is -2.41. The molecule has 9 heterocycles. The van der Waals surface area contributed by atoms with Gasteiger partial charge in [0.15, 0.2) is 34.2 Å². The van der Waals surface area contributed by atoms with E-state index in [2.05, 4.69) is 46.5 Å². The van der Waals surface area contributed by atoms with Gasteiger partial charge in [-0.3, -0.25) is 19.2 Å². The number of morpholine rings is 2. The summed E-state index contributed by atoms with van der Waals surface area (Å²) in [4.78, 5) is 67.8. The fourth-order valence-corrected chi connectivity index (χ4v) is 9.65. The minimum Gasteiger partial charge on any atom is -0.458 e. The van der Waals surface area contributed by atoms with Crippen molar-refractivity contribution < 1.29 is 55.6 Å². The monoisotopic (exact) mass is 1290 g/mol. The predicted octanol–water partition coefficient (Wildman–Crippen LogP) is 9.85. The van der Waals surface area contributed by atoms with E-state index in [1.807, 2.05) is 39.8 Å². The van der Waals surface area contributed by atoms with Crippen molar-refractivity contribution in [3.8, 4) is 11.1 Å². The van der Waals surface area contributed by atoms with Gasteiger partial charge in [-0.25, -0.2) is 28.7 Å². The highest BCUT2D eigenvalue weighted by Crippen LogP contribution is 2.38. The Morgan fingerprint density at radius 2 is 1.08 bits per heavy atom. The summed E-state index contributed by atoms with van der Waals surface area (Å²) in [5, 5.41) is 7.81. The number of hydrogen-bond donors (Lipinski definition) is 4. The number of nitrogens with one attached hydrogen (secondary N) is 2. The Bertz CT molecular complexity index is 3840. The van der Waals surface area contributed by atoms with Gasteiger partial charge in [-0.15, -0.1) is 0 Å². The van der Waals surface area contributed by atoms with Crippen LogP contribution in [0.5, 0.6) is 0 Å². The van der Waals surface area contributed by atoms with Crippen LogP contribution in [-0.4, -0.2) is 124 Å². The maximum Gasteiger partial charge on any atom is 0.494 e. The molecule has 87 heavy (non-hydrogen) atoms. The van der Waals surface area contributed by atoms with Crippen molar-refractivity contribution in [2.75, 3.05) is 64.1 Å². The molecule has 0 unspecified atom stereocenters. The van der Waals surface area contributed by atoms with Crippen LogP contribution in [0.1, 0.15) is 78.7 Å². The first-order chi connectivity index (χ1) is 41.1. The van der Waals surface area contributed by atoms with Crippen LogP contribution in [0.4, 0.5) is 20.4 Å².